The second-order valence-electron chi connectivity index (χ2n) is 10.8. The van der Waals surface area contributed by atoms with E-state index in [-0.39, 0.29) is 18.8 Å². The summed E-state index contributed by atoms with van der Waals surface area (Å²) in [6.07, 6.45) is 4.65. The molecule has 0 fully saturated rings. The highest BCUT2D eigenvalue weighted by atomic mass is 32.2. The predicted molar refractivity (Wildman–Crippen MR) is 166 cm³/mol. The van der Waals surface area contributed by atoms with Crippen molar-refractivity contribution in [3.8, 4) is 0 Å². The molecule has 0 spiro atoms. The minimum absolute atomic E-state index is 0.0792. The van der Waals surface area contributed by atoms with E-state index in [1.807, 2.05) is 50.4 Å². The second kappa shape index (κ2) is 16.0. The number of H-pyrrole nitrogens is 1. The largest absolute Gasteiger partial charge is 0.480 e. The molecule has 0 saturated carbocycles. The molecular weight excluding hydrogens is 554 g/mol. The quantitative estimate of drug-likeness (QED) is 0.148. The Hall–Kier alpha value is -3.83. The third-order valence-corrected chi connectivity index (χ3v) is 7.58. The number of hydrogen-bond donors (Lipinski definition) is 6. The number of carboxylic acid groups (broad SMARTS) is 1. The van der Waals surface area contributed by atoms with Crippen LogP contribution in [0.3, 0.4) is 0 Å². The molecule has 10 nitrogen and oxygen atoms in total. The van der Waals surface area contributed by atoms with E-state index >= 15 is 0 Å². The van der Waals surface area contributed by atoms with E-state index in [1.165, 1.54) is 11.8 Å². The molecular formula is C31H41N5O5S. The first-order valence-electron chi connectivity index (χ1n) is 14.1. The number of carboxylic acids is 1. The molecule has 0 radical (unpaired) electrons. The number of thioether (sulfide) groups is 1. The minimum atomic E-state index is -1.21. The van der Waals surface area contributed by atoms with Gasteiger partial charge in [-0.2, -0.15) is 11.8 Å². The molecule has 0 bridgehead atoms. The van der Waals surface area contributed by atoms with Crippen LogP contribution in [-0.4, -0.2) is 70.0 Å². The average molecular weight is 596 g/mol. The van der Waals surface area contributed by atoms with Crippen LogP contribution in [0.4, 0.5) is 0 Å². The number of amides is 3. The Kier molecular flexibility index (Phi) is 12.4. The molecule has 3 amide bonds. The molecule has 0 aliphatic rings. The van der Waals surface area contributed by atoms with Crippen molar-refractivity contribution < 1.29 is 24.3 Å². The molecule has 0 aliphatic carbocycles. The van der Waals surface area contributed by atoms with E-state index in [0.29, 0.717) is 18.6 Å². The Bertz CT molecular complexity index is 1350. The first-order valence-corrected chi connectivity index (χ1v) is 15.5. The van der Waals surface area contributed by atoms with Crippen molar-refractivity contribution in [3.63, 3.8) is 0 Å². The van der Waals surface area contributed by atoms with Crippen molar-refractivity contribution in [3.05, 3.63) is 71.9 Å². The number of carbonyl (C=O) groups excluding carboxylic acids is 3. The van der Waals surface area contributed by atoms with Gasteiger partial charge in [0, 0.05) is 29.9 Å². The van der Waals surface area contributed by atoms with Gasteiger partial charge in [-0.05, 0) is 48.0 Å². The van der Waals surface area contributed by atoms with Gasteiger partial charge in [-0.25, -0.2) is 4.79 Å². The van der Waals surface area contributed by atoms with Gasteiger partial charge >= 0.3 is 5.97 Å². The summed E-state index contributed by atoms with van der Waals surface area (Å²) in [6.45, 7) is 3.92. The maximum atomic E-state index is 13.6. The van der Waals surface area contributed by atoms with Crippen molar-refractivity contribution >= 4 is 46.4 Å². The fourth-order valence-corrected chi connectivity index (χ4v) is 5.19. The number of rotatable bonds is 16. The summed E-state index contributed by atoms with van der Waals surface area (Å²) in [5.41, 5.74) is 8.46. The summed E-state index contributed by atoms with van der Waals surface area (Å²) in [6, 6.07) is 12.6. The summed E-state index contributed by atoms with van der Waals surface area (Å²) in [7, 11) is 0. The molecule has 2 aromatic carbocycles. The normalized spacial score (nSPS) is 14.1. The van der Waals surface area contributed by atoms with Crippen LogP contribution < -0.4 is 21.7 Å². The van der Waals surface area contributed by atoms with Crippen LogP contribution >= 0.6 is 11.8 Å². The molecule has 0 aliphatic heterocycles. The lowest BCUT2D eigenvalue weighted by molar-refractivity contribution is -0.142. The van der Waals surface area contributed by atoms with Gasteiger partial charge in [-0.15, -0.1) is 0 Å². The third kappa shape index (κ3) is 9.63. The van der Waals surface area contributed by atoms with Crippen molar-refractivity contribution in [1.29, 1.82) is 0 Å². The van der Waals surface area contributed by atoms with Gasteiger partial charge in [0.1, 0.15) is 18.1 Å². The number of aliphatic carboxylic acids is 1. The molecule has 1 heterocycles. The topological polar surface area (TPSA) is 166 Å². The van der Waals surface area contributed by atoms with E-state index in [2.05, 4.69) is 20.9 Å². The van der Waals surface area contributed by atoms with Crippen molar-refractivity contribution in [1.82, 2.24) is 20.9 Å². The number of aromatic nitrogens is 1. The van der Waals surface area contributed by atoms with Crippen LogP contribution in [0.5, 0.6) is 0 Å². The summed E-state index contributed by atoms with van der Waals surface area (Å²) in [4.78, 5) is 55.3. The van der Waals surface area contributed by atoms with Gasteiger partial charge in [-0.3, -0.25) is 14.4 Å². The van der Waals surface area contributed by atoms with Crippen LogP contribution in [0.1, 0.15) is 37.8 Å². The highest BCUT2D eigenvalue weighted by Crippen LogP contribution is 2.19. The lowest BCUT2D eigenvalue weighted by Crippen LogP contribution is -2.58. The van der Waals surface area contributed by atoms with Gasteiger partial charge in [0.05, 0.1) is 6.04 Å². The zero-order valence-electron chi connectivity index (χ0n) is 24.3. The Morgan fingerprint density at radius 1 is 0.857 bits per heavy atom. The molecule has 4 atom stereocenters. The summed E-state index contributed by atoms with van der Waals surface area (Å²) in [5, 5.41) is 18.9. The van der Waals surface area contributed by atoms with Crippen molar-refractivity contribution in [2.45, 2.75) is 63.7 Å². The number of nitrogens with two attached hydrogens (primary N) is 1. The SMILES string of the molecule is CSCCC(NC(=O)C(N)CC(C)C)C(=O)NC(Cc1c[nH]c2ccccc12)C(=O)NC(Cc1ccccc1)C(=O)O. The maximum Gasteiger partial charge on any atom is 0.326 e. The summed E-state index contributed by atoms with van der Waals surface area (Å²) in [5.74, 6) is -2.00. The number of nitrogens with one attached hydrogen (secondary N) is 4. The number of benzene rings is 2. The summed E-state index contributed by atoms with van der Waals surface area (Å²) < 4.78 is 0. The van der Waals surface area contributed by atoms with Crippen LogP contribution in [0, 0.1) is 5.92 Å². The standard InChI is InChI=1S/C31H41N5O5S/c1-19(2)15-23(32)28(37)34-25(13-14-42-3)29(38)35-26(17-21-18-33-24-12-8-7-11-22(21)24)30(39)36-27(31(40)41)16-20-9-5-4-6-10-20/h4-12,18-19,23,25-27,33H,13-17,32H2,1-3H3,(H,34,37)(H,35,38)(H,36,39)(H,40,41). The highest BCUT2D eigenvalue weighted by molar-refractivity contribution is 7.98. The van der Waals surface area contributed by atoms with Crippen LogP contribution in [-0.2, 0) is 32.0 Å². The molecule has 42 heavy (non-hydrogen) atoms. The molecule has 3 rings (SSSR count). The van der Waals surface area contributed by atoms with Crippen LogP contribution in [0.15, 0.2) is 60.8 Å². The van der Waals surface area contributed by atoms with Gasteiger partial charge in [0.15, 0.2) is 0 Å². The molecule has 1 aromatic heterocycles. The van der Waals surface area contributed by atoms with E-state index in [4.69, 9.17) is 5.73 Å². The number of carbonyl (C=O) groups is 4. The smallest absolute Gasteiger partial charge is 0.326 e. The zero-order chi connectivity index (χ0) is 30.6. The second-order valence-corrected chi connectivity index (χ2v) is 11.8. The minimum Gasteiger partial charge on any atom is -0.480 e. The van der Waals surface area contributed by atoms with E-state index < -0.39 is 47.9 Å². The first-order chi connectivity index (χ1) is 20.1. The van der Waals surface area contributed by atoms with Gasteiger partial charge in [0.2, 0.25) is 17.7 Å². The van der Waals surface area contributed by atoms with Crippen LogP contribution in [0.25, 0.3) is 10.9 Å². The van der Waals surface area contributed by atoms with Crippen molar-refractivity contribution in [2.24, 2.45) is 11.7 Å². The monoisotopic (exact) mass is 595 g/mol. The molecule has 7 N–H and O–H groups in total. The molecule has 4 unspecified atom stereocenters. The zero-order valence-corrected chi connectivity index (χ0v) is 25.1. The number of para-hydroxylation sites is 1. The van der Waals surface area contributed by atoms with Gasteiger partial charge in [-0.1, -0.05) is 62.4 Å². The Morgan fingerprint density at radius 2 is 1.48 bits per heavy atom. The average Bonchev–Trinajstić information content (AvgIpc) is 3.37. The molecule has 3 aromatic rings. The Balaban J connectivity index is 1.84. The Morgan fingerprint density at radius 3 is 2.14 bits per heavy atom. The predicted octanol–water partition coefficient (Wildman–Crippen LogP) is 2.62. The lowest BCUT2D eigenvalue weighted by Gasteiger charge is -2.25. The molecule has 226 valence electrons. The summed E-state index contributed by atoms with van der Waals surface area (Å²) >= 11 is 1.53. The van der Waals surface area contributed by atoms with Gasteiger partial charge < -0.3 is 31.8 Å². The van der Waals surface area contributed by atoms with E-state index in [1.54, 1.807) is 30.5 Å². The van der Waals surface area contributed by atoms with Crippen LogP contribution in [0.2, 0.25) is 0 Å². The van der Waals surface area contributed by atoms with E-state index in [9.17, 15) is 24.3 Å². The van der Waals surface area contributed by atoms with E-state index in [0.717, 1.165) is 22.0 Å². The number of hydrogen-bond acceptors (Lipinski definition) is 6. The fourth-order valence-electron chi connectivity index (χ4n) is 4.72. The van der Waals surface area contributed by atoms with Crippen molar-refractivity contribution in [2.75, 3.05) is 12.0 Å². The highest BCUT2D eigenvalue weighted by Gasteiger charge is 2.31. The Labute approximate surface area is 250 Å². The molecule has 0 saturated heterocycles. The lowest BCUT2D eigenvalue weighted by atomic mass is 10.0. The fraction of sp³-hybridized carbons (Fsp3) is 0.419. The number of aromatic amines is 1. The third-order valence-electron chi connectivity index (χ3n) is 6.93. The number of fused-ring (bicyclic) bond motifs is 1. The maximum absolute atomic E-state index is 13.6. The molecule has 11 heteroatoms. The first kappa shape index (κ1) is 32.7. The van der Waals surface area contributed by atoms with Gasteiger partial charge in [0.25, 0.3) is 0 Å².